The van der Waals surface area contributed by atoms with E-state index in [4.69, 9.17) is 0 Å². The maximum atomic E-state index is 4.17. The van der Waals surface area contributed by atoms with Crippen molar-refractivity contribution in [1.29, 1.82) is 0 Å². The lowest BCUT2D eigenvalue weighted by atomic mass is 9.65. The molecule has 1 atom stereocenters. The van der Waals surface area contributed by atoms with Crippen LogP contribution in [0.2, 0.25) is 0 Å². The average Bonchev–Trinajstić information content (AvgIpc) is 2.94. The third-order valence-corrected chi connectivity index (χ3v) is 5.15. The Morgan fingerprint density at radius 2 is 1.70 bits per heavy atom. The highest BCUT2D eigenvalue weighted by molar-refractivity contribution is 5.87. The number of fused-ring (bicyclic) bond motifs is 1. The van der Waals surface area contributed by atoms with Gasteiger partial charge in [0.15, 0.2) is 0 Å². The second-order valence-corrected chi connectivity index (χ2v) is 6.53. The van der Waals surface area contributed by atoms with Crippen LogP contribution in [0, 0.1) is 0 Å². The fourth-order valence-electron chi connectivity index (χ4n) is 4.07. The van der Waals surface area contributed by atoms with Crippen molar-refractivity contribution in [3.63, 3.8) is 0 Å². The molecule has 1 unspecified atom stereocenters. The van der Waals surface area contributed by atoms with E-state index in [1.54, 1.807) is 0 Å². The van der Waals surface area contributed by atoms with Crippen LogP contribution in [0.15, 0.2) is 115 Å². The lowest BCUT2D eigenvalue weighted by Gasteiger charge is -2.36. The zero-order chi connectivity index (χ0) is 19.9. The molecule has 138 valence electrons. The Hall–Kier alpha value is -2.86. The first-order valence-electron chi connectivity index (χ1n) is 9.49. The summed E-state index contributed by atoms with van der Waals surface area (Å²) in [5.41, 5.74) is 7.17. The van der Waals surface area contributed by atoms with Crippen LogP contribution in [0.3, 0.4) is 0 Å². The molecule has 0 bridgehead atoms. The topological polar surface area (TPSA) is 0 Å². The second-order valence-electron chi connectivity index (χ2n) is 6.53. The standard InChI is InChI=1S/C27H30/c1-7-12-17-23(11-5)27(22(10-4)16-9-3)25(19-13-8-2)21(6)24-18-14-15-20-26(24)27/h7-20H,2,5H2,1,3-4,6H3/b12-7-,16-9-,19-13-,22-10+,23-17+. The van der Waals surface area contributed by atoms with Crippen molar-refractivity contribution in [2.75, 3.05) is 0 Å². The molecule has 0 spiro atoms. The molecule has 0 fully saturated rings. The average molecular weight is 355 g/mol. The molecule has 1 aliphatic carbocycles. The molecule has 0 heteroatoms. The molecule has 0 aliphatic heterocycles. The Balaban J connectivity index is 3.06. The molecular weight excluding hydrogens is 324 g/mol. The minimum atomic E-state index is -0.386. The summed E-state index contributed by atoms with van der Waals surface area (Å²) in [6.07, 6.45) is 20.9. The van der Waals surface area contributed by atoms with Gasteiger partial charge in [0.2, 0.25) is 0 Å². The van der Waals surface area contributed by atoms with E-state index in [-0.39, 0.29) is 5.41 Å². The molecule has 1 aromatic rings. The predicted molar refractivity (Wildman–Crippen MR) is 122 cm³/mol. The van der Waals surface area contributed by atoms with Gasteiger partial charge in [-0.15, -0.1) is 0 Å². The van der Waals surface area contributed by atoms with Crippen LogP contribution in [0.1, 0.15) is 38.8 Å². The fraction of sp³-hybridized carbons (Fsp3) is 0.185. The van der Waals surface area contributed by atoms with Crippen molar-refractivity contribution < 1.29 is 0 Å². The van der Waals surface area contributed by atoms with Gasteiger partial charge in [-0.3, -0.25) is 0 Å². The number of rotatable bonds is 7. The van der Waals surface area contributed by atoms with E-state index < -0.39 is 0 Å². The molecule has 1 aromatic carbocycles. The zero-order valence-corrected chi connectivity index (χ0v) is 17.0. The van der Waals surface area contributed by atoms with Crippen molar-refractivity contribution in [2.45, 2.75) is 33.1 Å². The molecule has 0 heterocycles. The summed E-state index contributed by atoms with van der Waals surface area (Å²) in [6.45, 7) is 16.5. The first kappa shape index (κ1) is 20.5. The van der Waals surface area contributed by atoms with Crippen molar-refractivity contribution >= 4 is 5.57 Å². The van der Waals surface area contributed by atoms with Gasteiger partial charge in [-0.1, -0.05) is 98.2 Å². The van der Waals surface area contributed by atoms with Gasteiger partial charge in [0.25, 0.3) is 0 Å². The van der Waals surface area contributed by atoms with E-state index in [0.717, 1.165) is 0 Å². The summed E-state index contributed by atoms with van der Waals surface area (Å²) in [7, 11) is 0. The van der Waals surface area contributed by atoms with E-state index in [9.17, 15) is 0 Å². The summed E-state index contributed by atoms with van der Waals surface area (Å²) < 4.78 is 0. The Morgan fingerprint density at radius 3 is 2.30 bits per heavy atom. The largest absolute Gasteiger partial charge is 0.0991 e. The monoisotopic (exact) mass is 354 g/mol. The first-order chi connectivity index (χ1) is 13.1. The van der Waals surface area contributed by atoms with Gasteiger partial charge in [-0.05, 0) is 61.1 Å². The minimum Gasteiger partial charge on any atom is -0.0991 e. The van der Waals surface area contributed by atoms with Gasteiger partial charge in [0.1, 0.15) is 0 Å². The lowest BCUT2D eigenvalue weighted by molar-refractivity contribution is 0.756. The van der Waals surface area contributed by atoms with Crippen LogP contribution in [-0.2, 0) is 5.41 Å². The Labute approximate surface area is 165 Å². The predicted octanol–water partition coefficient (Wildman–Crippen LogP) is 7.66. The van der Waals surface area contributed by atoms with Gasteiger partial charge >= 0.3 is 0 Å². The van der Waals surface area contributed by atoms with E-state index >= 15 is 0 Å². The number of hydrogen-bond acceptors (Lipinski definition) is 0. The summed E-state index contributed by atoms with van der Waals surface area (Å²) in [6, 6.07) is 8.70. The van der Waals surface area contributed by atoms with Gasteiger partial charge in [-0.25, -0.2) is 0 Å². The van der Waals surface area contributed by atoms with E-state index in [1.165, 1.54) is 33.4 Å². The van der Waals surface area contributed by atoms with E-state index in [0.29, 0.717) is 0 Å². The second kappa shape index (κ2) is 9.19. The molecule has 2 rings (SSSR count). The molecule has 0 saturated carbocycles. The molecule has 0 nitrogen and oxygen atoms in total. The third-order valence-electron chi connectivity index (χ3n) is 5.15. The van der Waals surface area contributed by atoms with Crippen LogP contribution in [-0.4, -0.2) is 0 Å². The highest BCUT2D eigenvalue weighted by atomic mass is 14.5. The number of hydrogen-bond donors (Lipinski definition) is 0. The molecule has 1 aliphatic rings. The number of allylic oxidation sites excluding steroid dienone is 14. The van der Waals surface area contributed by atoms with Crippen LogP contribution in [0.4, 0.5) is 0 Å². The quantitative estimate of drug-likeness (QED) is 0.441. The maximum Gasteiger partial charge on any atom is 0.0706 e. The molecule has 0 aromatic heterocycles. The zero-order valence-electron chi connectivity index (χ0n) is 17.0. The summed E-state index contributed by atoms with van der Waals surface area (Å²) in [4.78, 5) is 0. The maximum absolute atomic E-state index is 4.17. The van der Waals surface area contributed by atoms with Gasteiger partial charge in [0, 0.05) is 0 Å². The molecule has 27 heavy (non-hydrogen) atoms. The minimum absolute atomic E-state index is 0.386. The number of benzene rings is 1. The highest BCUT2D eigenvalue weighted by Crippen LogP contribution is 2.55. The third kappa shape index (κ3) is 3.40. The first-order valence-corrected chi connectivity index (χ1v) is 9.49. The molecule has 0 amide bonds. The van der Waals surface area contributed by atoms with Crippen LogP contribution in [0.25, 0.3) is 5.57 Å². The molecule has 0 saturated heterocycles. The molecule has 0 radical (unpaired) electrons. The van der Waals surface area contributed by atoms with Gasteiger partial charge < -0.3 is 0 Å². The van der Waals surface area contributed by atoms with Crippen LogP contribution < -0.4 is 0 Å². The van der Waals surface area contributed by atoms with Crippen molar-refractivity contribution in [3.8, 4) is 0 Å². The summed E-state index contributed by atoms with van der Waals surface area (Å²) in [5, 5.41) is 0. The molecular formula is C27H30. The van der Waals surface area contributed by atoms with Crippen LogP contribution >= 0.6 is 0 Å². The van der Waals surface area contributed by atoms with Gasteiger partial charge in [-0.2, -0.15) is 0 Å². The Morgan fingerprint density at radius 1 is 0.963 bits per heavy atom. The van der Waals surface area contributed by atoms with E-state index in [2.05, 4.69) is 101 Å². The highest BCUT2D eigenvalue weighted by Gasteiger charge is 2.46. The van der Waals surface area contributed by atoms with E-state index in [1.807, 2.05) is 25.2 Å². The van der Waals surface area contributed by atoms with Crippen LogP contribution in [0.5, 0.6) is 0 Å². The van der Waals surface area contributed by atoms with Crippen molar-refractivity contribution in [3.05, 3.63) is 126 Å². The lowest BCUT2D eigenvalue weighted by Crippen LogP contribution is -2.30. The summed E-state index contributed by atoms with van der Waals surface area (Å²) >= 11 is 0. The smallest absolute Gasteiger partial charge is 0.0706 e. The molecule has 0 N–H and O–H groups in total. The Kier molecular flexibility index (Phi) is 6.96. The fourth-order valence-corrected chi connectivity index (χ4v) is 4.07. The van der Waals surface area contributed by atoms with Crippen molar-refractivity contribution in [2.24, 2.45) is 0 Å². The van der Waals surface area contributed by atoms with Crippen molar-refractivity contribution in [1.82, 2.24) is 0 Å². The normalized spacial score (nSPS) is 20.9. The Bertz CT molecular complexity index is 894. The SMILES string of the molecule is C=C/C=C\C1=C(C)c2ccccc2C1(/C(C=C)=C/C=C\C)C(/C=C\C)=C/C. The summed E-state index contributed by atoms with van der Waals surface area (Å²) in [5.74, 6) is 0. The van der Waals surface area contributed by atoms with Gasteiger partial charge in [0.05, 0.1) is 5.41 Å².